The van der Waals surface area contributed by atoms with E-state index in [4.69, 9.17) is 33.2 Å². The van der Waals surface area contributed by atoms with E-state index < -0.39 is 0 Å². The largest absolute Gasteiger partial charge is 0.489 e. The Morgan fingerprint density at radius 2 is 2.06 bits per heavy atom. The van der Waals surface area contributed by atoms with Crippen LogP contribution in [0.1, 0.15) is 19.3 Å². The highest BCUT2D eigenvalue weighted by Gasteiger charge is 2.28. The van der Waals surface area contributed by atoms with Crippen molar-refractivity contribution in [3.8, 4) is 11.8 Å². The molecule has 2 nitrogen and oxygen atoms in total. The molecule has 84 valence electrons. The first-order chi connectivity index (χ1) is 7.70. The summed E-state index contributed by atoms with van der Waals surface area (Å²) in [6, 6.07) is 7.45. The Labute approximate surface area is 105 Å². The minimum absolute atomic E-state index is 0.00514. The van der Waals surface area contributed by atoms with Crippen LogP contribution in [0, 0.1) is 17.2 Å². The molecule has 2 atom stereocenters. The van der Waals surface area contributed by atoms with Crippen molar-refractivity contribution < 1.29 is 4.74 Å². The minimum Gasteiger partial charge on any atom is -0.489 e. The van der Waals surface area contributed by atoms with E-state index in [0.717, 1.165) is 19.3 Å². The van der Waals surface area contributed by atoms with E-state index in [1.807, 2.05) is 0 Å². The van der Waals surface area contributed by atoms with Gasteiger partial charge >= 0.3 is 0 Å². The van der Waals surface area contributed by atoms with Crippen LogP contribution in [0.25, 0.3) is 0 Å². The number of nitrogens with zero attached hydrogens (tertiary/aromatic N) is 1. The van der Waals surface area contributed by atoms with Crippen molar-refractivity contribution in [2.45, 2.75) is 25.4 Å². The van der Waals surface area contributed by atoms with Gasteiger partial charge in [0.15, 0.2) is 0 Å². The molecule has 16 heavy (non-hydrogen) atoms. The Morgan fingerprint density at radius 1 is 1.25 bits per heavy atom. The monoisotopic (exact) mass is 255 g/mol. The Balaban J connectivity index is 2.09. The van der Waals surface area contributed by atoms with Gasteiger partial charge < -0.3 is 4.74 Å². The number of nitriles is 1. The summed E-state index contributed by atoms with van der Waals surface area (Å²) in [5, 5.41) is 9.92. The highest BCUT2D eigenvalue weighted by Crippen LogP contribution is 2.32. The topological polar surface area (TPSA) is 33.0 Å². The summed E-state index contributed by atoms with van der Waals surface area (Å²) < 4.78 is 5.75. The summed E-state index contributed by atoms with van der Waals surface area (Å²) in [5.74, 6) is 0.677. The molecule has 1 fully saturated rings. The number of rotatable bonds is 2. The second-order valence-corrected chi connectivity index (χ2v) is 4.71. The summed E-state index contributed by atoms with van der Waals surface area (Å²) in [6.07, 6.45) is 2.88. The van der Waals surface area contributed by atoms with Gasteiger partial charge in [-0.25, -0.2) is 0 Å². The van der Waals surface area contributed by atoms with Crippen LogP contribution in [0.3, 0.4) is 0 Å². The maximum absolute atomic E-state index is 8.94. The number of benzene rings is 1. The first-order valence-electron chi connectivity index (χ1n) is 5.22. The van der Waals surface area contributed by atoms with Crippen LogP contribution in [0.5, 0.6) is 5.75 Å². The molecule has 0 radical (unpaired) electrons. The van der Waals surface area contributed by atoms with Crippen molar-refractivity contribution in [2.75, 3.05) is 0 Å². The SMILES string of the molecule is N#CC1CCCC1Oc1ccc(Cl)c(Cl)c1. The van der Waals surface area contributed by atoms with Crippen molar-refractivity contribution >= 4 is 23.2 Å². The average Bonchev–Trinajstić information content (AvgIpc) is 2.71. The third-order valence-electron chi connectivity index (χ3n) is 2.80. The fraction of sp³-hybridized carbons (Fsp3) is 0.417. The Morgan fingerprint density at radius 3 is 2.75 bits per heavy atom. The van der Waals surface area contributed by atoms with E-state index in [9.17, 15) is 0 Å². The molecular weight excluding hydrogens is 245 g/mol. The van der Waals surface area contributed by atoms with E-state index in [2.05, 4.69) is 6.07 Å². The zero-order chi connectivity index (χ0) is 11.5. The van der Waals surface area contributed by atoms with E-state index in [1.54, 1.807) is 18.2 Å². The van der Waals surface area contributed by atoms with Crippen LogP contribution in [0.15, 0.2) is 18.2 Å². The van der Waals surface area contributed by atoms with Crippen molar-refractivity contribution in [3.05, 3.63) is 28.2 Å². The molecule has 0 bridgehead atoms. The molecule has 1 saturated carbocycles. The number of hydrogen-bond acceptors (Lipinski definition) is 2. The zero-order valence-electron chi connectivity index (χ0n) is 8.62. The molecule has 0 saturated heterocycles. The molecule has 1 aliphatic rings. The van der Waals surface area contributed by atoms with Crippen LogP contribution in [0.2, 0.25) is 10.0 Å². The van der Waals surface area contributed by atoms with Gasteiger partial charge in [-0.3, -0.25) is 0 Å². The number of ether oxygens (including phenoxy) is 1. The fourth-order valence-electron chi connectivity index (χ4n) is 1.94. The van der Waals surface area contributed by atoms with Crippen molar-refractivity contribution in [3.63, 3.8) is 0 Å². The van der Waals surface area contributed by atoms with Crippen molar-refractivity contribution in [2.24, 2.45) is 5.92 Å². The molecular formula is C12H11Cl2NO. The molecule has 0 spiro atoms. The molecule has 2 unspecified atom stereocenters. The van der Waals surface area contributed by atoms with Gasteiger partial charge in [0.25, 0.3) is 0 Å². The van der Waals surface area contributed by atoms with Gasteiger partial charge in [-0.15, -0.1) is 0 Å². The maximum Gasteiger partial charge on any atom is 0.121 e. The van der Waals surface area contributed by atoms with Crippen molar-refractivity contribution in [1.29, 1.82) is 5.26 Å². The molecule has 0 aliphatic heterocycles. The zero-order valence-corrected chi connectivity index (χ0v) is 10.1. The molecule has 4 heteroatoms. The van der Waals surface area contributed by atoms with E-state index >= 15 is 0 Å². The third-order valence-corrected chi connectivity index (χ3v) is 3.54. The third kappa shape index (κ3) is 2.42. The summed E-state index contributed by atoms with van der Waals surface area (Å²) in [6.45, 7) is 0. The molecule has 1 aliphatic carbocycles. The lowest BCUT2D eigenvalue weighted by molar-refractivity contribution is 0.182. The molecule has 0 aromatic heterocycles. The van der Waals surface area contributed by atoms with E-state index in [-0.39, 0.29) is 12.0 Å². The summed E-state index contributed by atoms with van der Waals surface area (Å²) in [4.78, 5) is 0. The molecule has 0 N–H and O–H groups in total. The quantitative estimate of drug-likeness (QED) is 0.799. The highest BCUT2D eigenvalue weighted by molar-refractivity contribution is 6.42. The minimum atomic E-state index is -0.0118. The predicted octanol–water partition coefficient (Wildman–Crippen LogP) is 4.06. The van der Waals surface area contributed by atoms with Gasteiger partial charge in [-0.1, -0.05) is 23.2 Å². The van der Waals surface area contributed by atoms with E-state index in [1.165, 1.54) is 0 Å². The van der Waals surface area contributed by atoms with Crippen LogP contribution in [0.4, 0.5) is 0 Å². The van der Waals surface area contributed by atoms with Crippen LogP contribution < -0.4 is 4.74 Å². The summed E-state index contributed by atoms with van der Waals surface area (Å²) in [5.41, 5.74) is 0. The predicted molar refractivity (Wildman–Crippen MR) is 63.8 cm³/mol. The fourth-order valence-corrected chi connectivity index (χ4v) is 2.23. The van der Waals surface area contributed by atoms with Crippen LogP contribution in [-0.4, -0.2) is 6.10 Å². The van der Waals surface area contributed by atoms with Crippen LogP contribution in [-0.2, 0) is 0 Å². The van der Waals surface area contributed by atoms with Gasteiger partial charge in [-0.05, 0) is 31.4 Å². The van der Waals surface area contributed by atoms with Gasteiger partial charge in [0.1, 0.15) is 11.9 Å². The standard InChI is InChI=1S/C12H11Cl2NO/c13-10-5-4-9(6-11(10)14)16-12-3-1-2-8(12)7-15/h4-6,8,12H,1-3H2. The number of halogens is 2. The highest BCUT2D eigenvalue weighted by atomic mass is 35.5. The Bertz CT molecular complexity index is 428. The average molecular weight is 256 g/mol. The lowest BCUT2D eigenvalue weighted by Crippen LogP contribution is -2.19. The van der Waals surface area contributed by atoms with Crippen LogP contribution >= 0.6 is 23.2 Å². The smallest absolute Gasteiger partial charge is 0.121 e. The van der Waals surface area contributed by atoms with Gasteiger partial charge in [0, 0.05) is 6.07 Å². The molecule has 0 heterocycles. The first-order valence-corrected chi connectivity index (χ1v) is 5.97. The Hall–Kier alpha value is -0.910. The number of hydrogen-bond donors (Lipinski definition) is 0. The molecule has 1 aromatic carbocycles. The normalized spacial score (nSPS) is 24.1. The second-order valence-electron chi connectivity index (χ2n) is 3.90. The van der Waals surface area contributed by atoms with Gasteiger partial charge in [0.2, 0.25) is 0 Å². The lowest BCUT2D eigenvalue weighted by Gasteiger charge is -2.16. The van der Waals surface area contributed by atoms with Gasteiger partial charge in [0.05, 0.1) is 22.0 Å². The maximum atomic E-state index is 8.94. The van der Waals surface area contributed by atoms with Gasteiger partial charge in [-0.2, -0.15) is 5.26 Å². The summed E-state index contributed by atoms with van der Waals surface area (Å²) in [7, 11) is 0. The molecule has 0 amide bonds. The summed E-state index contributed by atoms with van der Waals surface area (Å²) >= 11 is 11.7. The second kappa shape index (κ2) is 4.95. The molecule has 1 aromatic rings. The lowest BCUT2D eigenvalue weighted by atomic mass is 10.1. The van der Waals surface area contributed by atoms with Crippen molar-refractivity contribution in [1.82, 2.24) is 0 Å². The van der Waals surface area contributed by atoms with E-state index in [0.29, 0.717) is 15.8 Å². The molecule has 2 rings (SSSR count). The Kier molecular flexibility index (Phi) is 3.58. The first kappa shape index (κ1) is 11.6.